The van der Waals surface area contributed by atoms with E-state index in [0.717, 1.165) is 24.8 Å². The Labute approximate surface area is 96.1 Å². The minimum atomic E-state index is -0.292. The van der Waals surface area contributed by atoms with Crippen molar-refractivity contribution < 1.29 is 14.6 Å². The van der Waals surface area contributed by atoms with Gasteiger partial charge in [-0.15, -0.1) is 0 Å². The van der Waals surface area contributed by atoms with Crippen molar-refractivity contribution >= 4 is 5.97 Å². The zero-order valence-electron chi connectivity index (χ0n) is 9.82. The largest absolute Gasteiger partial charge is 0.465 e. The summed E-state index contributed by atoms with van der Waals surface area (Å²) in [5.74, 6) is -0.292. The lowest BCUT2D eigenvalue weighted by Gasteiger charge is -2.06. The average Bonchev–Trinajstić information content (AvgIpc) is 2.29. The number of aliphatic hydroxyl groups is 1. The molecule has 0 aromatic heterocycles. The smallest absolute Gasteiger partial charge is 0.338 e. The van der Waals surface area contributed by atoms with Gasteiger partial charge in [0.25, 0.3) is 0 Å². The quantitative estimate of drug-likeness (QED) is 0.613. The van der Waals surface area contributed by atoms with Crippen LogP contribution in [-0.4, -0.2) is 24.8 Å². The number of unbranched alkanes of at least 4 members (excludes halogenated alkanes) is 1. The van der Waals surface area contributed by atoms with E-state index in [0.29, 0.717) is 5.56 Å². The lowest BCUT2D eigenvalue weighted by atomic mass is 10.0. The Morgan fingerprint density at radius 1 is 1.38 bits per heavy atom. The Balaban J connectivity index is 2.71. The molecule has 0 atom stereocenters. The first-order valence-electron chi connectivity index (χ1n) is 5.47. The van der Waals surface area contributed by atoms with Gasteiger partial charge in [0.15, 0.2) is 0 Å². The van der Waals surface area contributed by atoms with Gasteiger partial charge in [0.05, 0.1) is 12.7 Å². The fourth-order valence-electron chi connectivity index (χ4n) is 1.66. The zero-order valence-corrected chi connectivity index (χ0v) is 9.82. The van der Waals surface area contributed by atoms with Gasteiger partial charge in [-0.1, -0.05) is 12.1 Å². The first-order chi connectivity index (χ1) is 7.69. The molecule has 0 aliphatic rings. The van der Waals surface area contributed by atoms with Crippen LogP contribution in [0.15, 0.2) is 18.2 Å². The van der Waals surface area contributed by atoms with Crippen LogP contribution in [0.3, 0.4) is 0 Å². The standard InChI is InChI=1S/C13H18O3/c1-10-9-11(5-3-4-8-14)6-7-12(10)13(15)16-2/h6-7,9,14H,3-5,8H2,1-2H3. The van der Waals surface area contributed by atoms with Gasteiger partial charge >= 0.3 is 5.97 Å². The predicted octanol–water partition coefficient (Wildman–Crippen LogP) is 2.10. The van der Waals surface area contributed by atoms with Crippen LogP contribution >= 0.6 is 0 Å². The second-order valence-corrected chi connectivity index (χ2v) is 3.82. The van der Waals surface area contributed by atoms with Gasteiger partial charge in [-0.05, 0) is 43.4 Å². The molecule has 0 aliphatic carbocycles. The Bertz CT molecular complexity index is 358. The molecule has 3 heteroatoms. The van der Waals surface area contributed by atoms with Crippen LogP contribution in [0.5, 0.6) is 0 Å². The highest BCUT2D eigenvalue weighted by Gasteiger charge is 2.08. The molecule has 0 bridgehead atoms. The maximum Gasteiger partial charge on any atom is 0.338 e. The van der Waals surface area contributed by atoms with Crippen LogP contribution in [0.1, 0.15) is 34.3 Å². The Hall–Kier alpha value is -1.35. The minimum Gasteiger partial charge on any atom is -0.465 e. The van der Waals surface area contributed by atoms with Gasteiger partial charge < -0.3 is 9.84 Å². The van der Waals surface area contributed by atoms with Crippen molar-refractivity contribution in [3.8, 4) is 0 Å². The lowest BCUT2D eigenvalue weighted by molar-refractivity contribution is 0.0600. The molecule has 0 saturated carbocycles. The summed E-state index contributed by atoms with van der Waals surface area (Å²) in [7, 11) is 1.39. The average molecular weight is 222 g/mol. The number of aliphatic hydroxyl groups excluding tert-OH is 1. The van der Waals surface area contributed by atoms with Crippen LogP contribution in [0, 0.1) is 6.92 Å². The molecule has 0 radical (unpaired) electrons. The first kappa shape index (κ1) is 12.7. The molecule has 0 saturated heterocycles. The van der Waals surface area contributed by atoms with Gasteiger partial charge in [0.2, 0.25) is 0 Å². The minimum absolute atomic E-state index is 0.235. The van der Waals surface area contributed by atoms with Crippen LogP contribution in [0.25, 0.3) is 0 Å². The van der Waals surface area contributed by atoms with Crippen molar-refractivity contribution in [1.82, 2.24) is 0 Å². The van der Waals surface area contributed by atoms with Crippen molar-refractivity contribution in [2.24, 2.45) is 0 Å². The van der Waals surface area contributed by atoms with E-state index in [-0.39, 0.29) is 12.6 Å². The summed E-state index contributed by atoms with van der Waals surface area (Å²) in [5, 5.41) is 8.69. The van der Waals surface area contributed by atoms with E-state index in [4.69, 9.17) is 5.11 Å². The fourth-order valence-corrected chi connectivity index (χ4v) is 1.66. The number of aryl methyl sites for hydroxylation is 2. The van der Waals surface area contributed by atoms with E-state index in [2.05, 4.69) is 4.74 Å². The van der Waals surface area contributed by atoms with Crippen LogP contribution in [0.4, 0.5) is 0 Å². The maximum absolute atomic E-state index is 11.4. The van der Waals surface area contributed by atoms with Crippen molar-refractivity contribution in [3.63, 3.8) is 0 Å². The molecule has 1 aromatic rings. The van der Waals surface area contributed by atoms with Crippen LogP contribution in [-0.2, 0) is 11.2 Å². The Morgan fingerprint density at radius 2 is 2.12 bits per heavy atom. The third kappa shape index (κ3) is 3.35. The SMILES string of the molecule is COC(=O)c1ccc(CCCCO)cc1C. The molecule has 0 unspecified atom stereocenters. The topological polar surface area (TPSA) is 46.5 Å². The summed E-state index contributed by atoms with van der Waals surface area (Å²) in [6, 6.07) is 5.75. The molecule has 3 nitrogen and oxygen atoms in total. The van der Waals surface area contributed by atoms with Gasteiger partial charge in [0.1, 0.15) is 0 Å². The summed E-state index contributed by atoms with van der Waals surface area (Å²) in [5.41, 5.74) is 2.75. The molecule has 1 rings (SSSR count). The summed E-state index contributed by atoms with van der Waals surface area (Å²) in [4.78, 5) is 11.4. The first-order valence-corrected chi connectivity index (χ1v) is 5.47. The van der Waals surface area contributed by atoms with E-state index >= 15 is 0 Å². The number of carbonyl (C=O) groups is 1. The maximum atomic E-state index is 11.4. The van der Waals surface area contributed by atoms with Gasteiger partial charge in [-0.3, -0.25) is 0 Å². The van der Waals surface area contributed by atoms with Gasteiger partial charge in [0, 0.05) is 6.61 Å². The number of benzene rings is 1. The Morgan fingerprint density at radius 3 is 2.69 bits per heavy atom. The Kier molecular flexibility index (Phi) is 4.99. The molecular weight excluding hydrogens is 204 g/mol. The second-order valence-electron chi connectivity index (χ2n) is 3.82. The third-order valence-corrected chi connectivity index (χ3v) is 2.57. The molecular formula is C13H18O3. The van der Waals surface area contributed by atoms with Crippen molar-refractivity contribution in [1.29, 1.82) is 0 Å². The van der Waals surface area contributed by atoms with E-state index in [9.17, 15) is 4.79 Å². The number of carbonyl (C=O) groups excluding carboxylic acids is 1. The zero-order chi connectivity index (χ0) is 12.0. The summed E-state index contributed by atoms with van der Waals surface area (Å²) in [6.07, 6.45) is 2.72. The lowest BCUT2D eigenvalue weighted by Crippen LogP contribution is -2.04. The van der Waals surface area contributed by atoms with E-state index in [1.54, 1.807) is 6.07 Å². The van der Waals surface area contributed by atoms with Crippen LogP contribution < -0.4 is 0 Å². The molecule has 0 spiro atoms. The number of esters is 1. The molecule has 0 aliphatic heterocycles. The second kappa shape index (κ2) is 6.28. The number of hydrogen-bond donors (Lipinski definition) is 1. The molecule has 1 N–H and O–H groups in total. The number of hydrogen-bond acceptors (Lipinski definition) is 3. The predicted molar refractivity (Wildman–Crippen MR) is 62.5 cm³/mol. The van der Waals surface area contributed by atoms with E-state index in [1.807, 2.05) is 19.1 Å². The van der Waals surface area contributed by atoms with E-state index < -0.39 is 0 Å². The highest BCUT2D eigenvalue weighted by atomic mass is 16.5. The van der Waals surface area contributed by atoms with Gasteiger partial charge in [-0.25, -0.2) is 4.79 Å². The number of ether oxygens (including phenoxy) is 1. The molecule has 0 amide bonds. The van der Waals surface area contributed by atoms with Crippen molar-refractivity contribution in [2.45, 2.75) is 26.2 Å². The molecule has 0 fully saturated rings. The monoisotopic (exact) mass is 222 g/mol. The summed E-state index contributed by atoms with van der Waals surface area (Å²) < 4.78 is 4.68. The van der Waals surface area contributed by atoms with E-state index in [1.165, 1.54) is 12.7 Å². The van der Waals surface area contributed by atoms with Gasteiger partial charge in [-0.2, -0.15) is 0 Å². The van der Waals surface area contributed by atoms with Crippen LogP contribution in [0.2, 0.25) is 0 Å². The van der Waals surface area contributed by atoms with Crippen molar-refractivity contribution in [3.05, 3.63) is 34.9 Å². The highest BCUT2D eigenvalue weighted by molar-refractivity contribution is 5.90. The normalized spacial score (nSPS) is 10.2. The number of methoxy groups -OCH3 is 1. The highest BCUT2D eigenvalue weighted by Crippen LogP contribution is 2.14. The molecule has 88 valence electrons. The number of rotatable bonds is 5. The summed E-state index contributed by atoms with van der Waals surface area (Å²) >= 11 is 0. The summed E-state index contributed by atoms with van der Waals surface area (Å²) in [6.45, 7) is 2.14. The molecule has 0 heterocycles. The molecule has 16 heavy (non-hydrogen) atoms. The fraction of sp³-hybridized carbons (Fsp3) is 0.462. The third-order valence-electron chi connectivity index (χ3n) is 2.57. The van der Waals surface area contributed by atoms with Crippen molar-refractivity contribution in [2.75, 3.05) is 13.7 Å². The molecule has 1 aromatic carbocycles.